The Kier molecular flexibility index (Phi) is 5.82. The Bertz CT molecular complexity index is 706. The molecule has 3 atom stereocenters. The number of aryl methyl sites for hydroxylation is 1. The number of urea groups is 1. The van der Waals surface area contributed by atoms with Gasteiger partial charge in [0.25, 0.3) is 5.91 Å². The highest BCUT2D eigenvalue weighted by Crippen LogP contribution is 2.38. The van der Waals surface area contributed by atoms with E-state index in [0.29, 0.717) is 6.42 Å². The maximum absolute atomic E-state index is 12.9. The molecular formula is C21H29N3O3. The van der Waals surface area contributed by atoms with Crippen molar-refractivity contribution in [3.8, 4) is 0 Å². The van der Waals surface area contributed by atoms with Crippen molar-refractivity contribution in [2.75, 3.05) is 6.54 Å². The SMILES string of the molecule is C[C@@H]1CCCC[C@@]12NC(=O)N(CC(=O)N[C@@H](C)CCc1ccccc1)C2=O. The van der Waals surface area contributed by atoms with Gasteiger partial charge in [-0.05, 0) is 44.1 Å². The van der Waals surface area contributed by atoms with E-state index in [0.717, 1.165) is 37.0 Å². The van der Waals surface area contributed by atoms with Gasteiger partial charge in [-0.2, -0.15) is 0 Å². The number of carbonyl (C=O) groups is 3. The van der Waals surface area contributed by atoms with Crippen LogP contribution in [-0.4, -0.2) is 40.9 Å². The molecule has 3 rings (SSSR count). The molecule has 1 saturated carbocycles. The third-order valence-electron chi connectivity index (χ3n) is 5.92. The monoisotopic (exact) mass is 371 g/mol. The summed E-state index contributed by atoms with van der Waals surface area (Å²) in [6.07, 6.45) is 5.24. The van der Waals surface area contributed by atoms with Gasteiger partial charge in [-0.15, -0.1) is 0 Å². The number of amides is 4. The van der Waals surface area contributed by atoms with E-state index in [2.05, 4.69) is 22.8 Å². The smallest absolute Gasteiger partial charge is 0.325 e. The Morgan fingerprint density at radius 2 is 2.04 bits per heavy atom. The molecule has 1 aliphatic heterocycles. The molecule has 1 spiro atoms. The number of rotatable bonds is 6. The van der Waals surface area contributed by atoms with Crippen LogP contribution in [0.1, 0.15) is 51.5 Å². The lowest BCUT2D eigenvalue weighted by atomic mass is 9.73. The average Bonchev–Trinajstić information content (AvgIpc) is 2.88. The van der Waals surface area contributed by atoms with Crippen LogP contribution in [0.2, 0.25) is 0 Å². The lowest BCUT2D eigenvalue weighted by Gasteiger charge is -2.36. The summed E-state index contributed by atoms with van der Waals surface area (Å²) >= 11 is 0. The fraction of sp³-hybridized carbons (Fsp3) is 0.571. The van der Waals surface area contributed by atoms with Gasteiger partial charge in [0.15, 0.2) is 0 Å². The zero-order chi connectivity index (χ0) is 19.4. The second-order valence-electron chi connectivity index (χ2n) is 7.93. The van der Waals surface area contributed by atoms with E-state index in [1.807, 2.05) is 32.0 Å². The summed E-state index contributed by atoms with van der Waals surface area (Å²) in [5.74, 6) is -0.438. The highest BCUT2D eigenvalue weighted by molar-refractivity contribution is 6.09. The van der Waals surface area contributed by atoms with Gasteiger partial charge in [0.05, 0.1) is 0 Å². The van der Waals surface area contributed by atoms with Gasteiger partial charge >= 0.3 is 6.03 Å². The minimum absolute atomic E-state index is 0.0268. The first-order chi connectivity index (χ1) is 12.9. The molecule has 1 heterocycles. The molecule has 2 aliphatic rings. The number of nitrogens with zero attached hydrogens (tertiary/aromatic N) is 1. The van der Waals surface area contributed by atoms with Gasteiger partial charge in [-0.25, -0.2) is 4.79 Å². The predicted molar refractivity (Wildman–Crippen MR) is 103 cm³/mol. The molecule has 1 aromatic rings. The van der Waals surface area contributed by atoms with Crippen molar-refractivity contribution < 1.29 is 14.4 Å². The molecule has 4 amide bonds. The first-order valence-corrected chi connectivity index (χ1v) is 9.90. The first-order valence-electron chi connectivity index (χ1n) is 9.90. The minimum Gasteiger partial charge on any atom is -0.352 e. The standard InChI is InChI=1S/C21H29N3O3/c1-15-8-6-7-13-21(15)19(26)24(20(27)23-21)14-18(25)22-16(2)11-12-17-9-4-3-5-10-17/h3-5,9-10,15-16H,6-8,11-14H2,1-2H3,(H,22,25)(H,23,27)/t15-,16+,21-/m1/s1. The first kappa shape index (κ1) is 19.4. The van der Waals surface area contributed by atoms with E-state index in [4.69, 9.17) is 0 Å². The fourth-order valence-corrected chi connectivity index (χ4v) is 4.20. The Morgan fingerprint density at radius 3 is 2.74 bits per heavy atom. The normalized spacial score (nSPS) is 26.1. The van der Waals surface area contributed by atoms with Crippen molar-refractivity contribution in [1.29, 1.82) is 0 Å². The van der Waals surface area contributed by atoms with Crippen LogP contribution >= 0.6 is 0 Å². The molecule has 0 aromatic heterocycles. The van der Waals surface area contributed by atoms with Crippen LogP contribution < -0.4 is 10.6 Å². The summed E-state index contributed by atoms with van der Waals surface area (Å²) in [5, 5.41) is 5.79. The van der Waals surface area contributed by atoms with E-state index in [1.165, 1.54) is 5.56 Å². The van der Waals surface area contributed by atoms with Gasteiger partial charge in [0.2, 0.25) is 5.91 Å². The minimum atomic E-state index is -0.811. The maximum Gasteiger partial charge on any atom is 0.325 e. The zero-order valence-electron chi connectivity index (χ0n) is 16.2. The van der Waals surface area contributed by atoms with E-state index in [1.54, 1.807) is 0 Å². The second kappa shape index (κ2) is 8.11. The summed E-state index contributed by atoms with van der Waals surface area (Å²) in [5.41, 5.74) is 0.412. The van der Waals surface area contributed by atoms with Gasteiger partial charge < -0.3 is 10.6 Å². The largest absolute Gasteiger partial charge is 0.352 e. The van der Waals surface area contributed by atoms with Crippen LogP contribution in [0, 0.1) is 5.92 Å². The molecule has 2 fully saturated rings. The van der Waals surface area contributed by atoms with Crippen LogP contribution in [0.3, 0.4) is 0 Å². The lowest BCUT2D eigenvalue weighted by Crippen LogP contribution is -2.54. The molecule has 6 heteroatoms. The Balaban J connectivity index is 1.53. The summed E-state index contributed by atoms with van der Waals surface area (Å²) in [6.45, 7) is 3.73. The van der Waals surface area contributed by atoms with Crippen molar-refractivity contribution in [2.24, 2.45) is 5.92 Å². The van der Waals surface area contributed by atoms with E-state index < -0.39 is 11.6 Å². The summed E-state index contributed by atoms with van der Waals surface area (Å²) in [6, 6.07) is 9.63. The van der Waals surface area contributed by atoms with Crippen LogP contribution in [0.25, 0.3) is 0 Å². The van der Waals surface area contributed by atoms with Gasteiger partial charge in [-0.1, -0.05) is 50.1 Å². The number of nitrogens with one attached hydrogen (secondary N) is 2. The van der Waals surface area contributed by atoms with Crippen molar-refractivity contribution >= 4 is 17.8 Å². The average molecular weight is 371 g/mol. The Morgan fingerprint density at radius 1 is 1.30 bits per heavy atom. The van der Waals surface area contributed by atoms with Crippen LogP contribution in [-0.2, 0) is 16.0 Å². The highest BCUT2D eigenvalue weighted by atomic mass is 16.2. The molecule has 6 nitrogen and oxygen atoms in total. The highest BCUT2D eigenvalue weighted by Gasteiger charge is 2.55. The molecule has 0 radical (unpaired) electrons. The number of imide groups is 1. The van der Waals surface area contributed by atoms with Crippen LogP contribution in [0.15, 0.2) is 30.3 Å². The molecule has 146 valence electrons. The maximum atomic E-state index is 12.9. The van der Waals surface area contributed by atoms with Crippen molar-refractivity contribution in [3.05, 3.63) is 35.9 Å². The van der Waals surface area contributed by atoms with Crippen molar-refractivity contribution in [1.82, 2.24) is 15.5 Å². The third kappa shape index (κ3) is 4.15. The zero-order valence-corrected chi connectivity index (χ0v) is 16.2. The van der Waals surface area contributed by atoms with E-state index in [-0.39, 0.29) is 30.3 Å². The van der Waals surface area contributed by atoms with Gasteiger partial charge in [-0.3, -0.25) is 14.5 Å². The van der Waals surface area contributed by atoms with Gasteiger partial charge in [0, 0.05) is 6.04 Å². The van der Waals surface area contributed by atoms with E-state index >= 15 is 0 Å². The Hall–Kier alpha value is -2.37. The molecule has 0 bridgehead atoms. The number of carbonyl (C=O) groups excluding carboxylic acids is 3. The molecule has 1 aliphatic carbocycles. The third-order valence-corrected chi connectivity index (χ3v) is 5.92. The Labute approximate surface area is 160 Å². The lowest BCUT2D eigenvalue weighted by molar-refractivity contribution is -0.137. The van der Waals surface area contributed by atoms with Crippen molar-refractivity contribution in [3.63, 3.8) is 0 Å². The molecule has 0 unspecified atom stereocenters. The quantitative estimate of drug-likeness (QED) is 0.755. The second-order valence-corrected chi connectivity index (χ2v) is 7.93. The predicted octanol–water partition coefficient (Wildman–Crippen LogP) is 2.62. The summed E-state index contributed by atoms with van der Waals surface area (Å²) < 4.78 is 0. The summed E-state index contributed by atoms with van der Waals surface area (Å²) in [7, 11) is 0. The number of hydrogen-bond donors (Lipinski definition) is 2. The molecule has 1 aromatic carbocycles. The fourth-order valence-electron chi connectivity index (χ4n) is 4.20. The molecule has 1 saturated heterocycles. The van der Waals surface area contributed by atoms with Gasteiger partial charge in [0.1, 0.15) is 12.1 Å². The van der Waals surface area contributed by atoms with E-state index in [9.17, 15) is 14.4 Å². The number of benzene rings is 1. The molecular weight excluding hydrogens is 342 g/mol. The molecule has 27 heavy (non-hydrogen) atoms. The van der Waals surface area contributed by atoms with Crippen molar-refractivity contribution in [2.45, 2.75) is 64.0 Å². The molecule has 2 N–H and O–H groups in total. The number of hydrogen-bond acceptors (Lipinski definition) is 3. The van der Waals surface area contributed by atoms with Crippen LogP contribution in [0.4, 0.5) is 4.79 Å². The van der Waals surface area contributed by atoms with Crippen LogP contribution in [0.5, 0.6) is 0 Å². The summed E-state index contributed by atoms with van der Waals surface area (Å²) in [4.78, 5) is 38.7. The topological polar surface area (TPSA) is 78.5 Å².